The lowest BCUT2D eigenvalue weighted by atomic mass is 10.2. The first-order valence-corrected chi connectivity index (χ1v) is 7.06. The number of hydrogen-bond donors (Lipinski definition) is 3. The lowest BCUT2D eigenvalue weighted by Gasteiger charge is -2.23. The van der Waals surface area contributed by atoms with Crippen molar-refractivity contribution < 1.29 is 14.3 Å². The fourth-order valence-electron chi connectivity index (χ4n) is 2.09. The van der Waals surface area contributed by atoms with Crippen LogP contribution in [0.3, 0.4) is 0 Å². The van der Waals surface area contributed by atoms with E-state index in [0.29, 0.717) is 27.3 Å². The molecule has 2 aromatic rings. The van der Waals surface area contributed by atoms with Crippen LogP contribution in [0, 0.1) is 4.64 Å². The highest BCUT2D eigenvalue weighted by Crippen LogP contribution is 2.32. The monoisotopic (exact) mass is 315 g/mol. The molecule has 2 heterocycles. The molecule has 0 saturated carbocycles. The van der Waals surface area contributed by atoms with Crippen molar-refractivity contribution in [2.24, 2.45) is 0 Å². The molecule has 1 aliphatic heterocycles. The van der Waals surface area contributed by atoms with Crippen LogP contribution in [0.2, 0.25) is 0 Å². The Hall–Kier alpha value is -2.67. The Balaban J connectivity index is 1.84. The van der Waals surface area contributed by atoms with Gasteiger partial charge in [-0.05, 0) is 37.3 Å². The molecule has 3 N–H and O–H groups in total. The number of nitrogens with one attached hydrogen (secondary N) is 3. The van der Waals surface area contributed by atoms with Gasteiger partial charge in [0.25, 0.3) is 11.8 Å². The minimum absolute atomic E-state index is 0.221. The number of carbonyl (C=O) groups excluding carboxylic acids is 2. The van der Waals surface area contributed by atoms with Gasteiger partial charge in [0.05, 0.1) is 11.3 Å². The van der Waals surface area contributed by atoms with Crippen molar-refractivity contribution in [1.29, 1.82) is 0 Å². The van der Waals surface area contributed by atoms with Crippen LogP contribution >= 0.6 is 12.2 Å². The highest BCUT2D eigenvalue weighted by atomic mass is 32.1. The highest BCUT2D eigenvalue weighted by Gasteiger charge is 2.23. The third-order valence-electron chi connectivity index (χ3n) is 3.23. The topological polar surface area (TPSA) is 83.2 Å². The normalized spacial score (nSPS) is 16.2. The molecular formula is C15H13N3O3S. The average molecular weight is 315 g/mol. The summed E-state index contributed by atoms with van der Waals surface area (Å²) < 4.78 is 5.83. The number of hydrogen-bond acceptors (Lipinski definition) is 4. The van der Waals surface area contributed by atoms with Crippen molar-refractivity contribution in [3.05, 3.63) is 46.7 Å². The van der Waals surface area contributed by atoms with Crippen molar-refractivity contribution in [3.63, 3.8) is 0 Å². The molecule has 1 unspecified atom stereocenters. The zero-order valence-corrected chi connectivity index (χ0v) is 12.5. The van der Waals surface area contributed by atoms with Gasteiger partial charge in [0.1, 0.15) is 10.4 Å². The standard InChI is InChI=1S/C15H13N3O3S/c1-8-13(19)18-11-7-9(4-5-12(11)21-8)17-14(20)10-3-2-6-16-15(10)22/h2-8H,1H3,(H,16,22)(H,17,20)(H,18,19). The van der Waals surface area contributed by atoms with E-state index in [0.717, 1.165) is 0 Å². The molecule has 0 fully saturated rings. The summed E-state index contributed by atoms with van der Waals surface area (Å²) in [5.41, 5.74) is 1.45. The lowest BCUT2D eigenvalue weighted by Crippen LogP contribution is -2.34. The van der Waals surface area contributed by atoms with Crippen molar-refractivity contribution in [1.82, 2.24) is 4.98 Å². The quantitative estimate of drug-likeness (QED) is 0.744. The molecule has 1 aliphatic rings. The van der Waals surface area contributed by atoms with Gasteiger partial charge in [-0.3, -0.25) is 9.59 Å². The molecule has 112 valence electrons. The smallest absolute Gasteiger partial charge is 0.265 e. The molecule has 22 heavy (non-hydrogen) atoms. The number of anilines is 2. The number of pyridine rings is 1. The summed E-state index contributed by atoms with van der Waals surface area (Å²) in [5.74, 6) is 0.0294. The van der Waals surface area contributed by atoms with Crippen LogP contribution in [0.1, 0.15) is 17.3 Å². The summed E-state index contributed by atoms with van der Waals surface area (Å²) in [7, 11) is 0. The number of aromatic nitrogens is 1. The Morgan fingerprint density at radius 1 is 1.36 bits per heavy atom. The number of fused-ring (bicyclic) bond motifs is 1. The maximum atomic E-state index is 12.2. The van der Waals surface area contributed by atoms with E-state index in [2.05, 4.69) is 15.6 Å². The largest absolute Gasteiger partial charge is 0.479 e. The van der Waals surface area contributed by atoms with E-state index in [4.69, 9.17) is 17.0 Å². The van der Waals surface area contributed by atoms with Crippen LogP contribution in [0.4, 0.5) is 11.4 Å². The third-order valence-corrected chi connectivity index (χ3v) is 3.57. The molecule has 2 amide bonds. The SMILES string of the molecule is CC1Oc2ccc(NC(=O)c3ccc[nH]c3=S)cc2NC1=O. The van der Waals surface area contributed by atoms with Crippen LogP contribution in [0.25, 0.3) is 0 Å². The minimum atomic E-state index is -0.532. The number of rotatable bonds is 2. The molecule has 1 aromatic carbocycles. The third kappa shape index (κ3) is 2.71. The van der Waals surface area contributed by atoms with Gasteiger partial charge in [-0.25, -0.2) is 0 Å². The van der Waals surface area contributed by atoms with Crippen molar-refractivity contribution in [3.8, 4) is 5.75 Å². The molecule has 0 spiro atoms. The van der Waals surface area contributed by atoms with Crippen molar-refractivity contribution in [2.75, 3.05) is 10.6 Å². The predicted molar refractivity (Wildman–Crippen MR) is 84.7 cm³/mol. The summed E-state index contributed by atoms with van der Waals surface area (Å²) in [6.45, 7) is 1.67. The Morgan fingerprint density at radius 3 is 2.95 bits per heavy atom. The number of benzene rings is 1. The maximum Gasteiger partial charge on any atom is 0.265 e. The van der Waals surface area contributed by atoms with Gasteiger partial charge in [0.15, 0.2) is 6.10 Å². The summed E-state index contributed by atoms with van der Waals surface area (Å²) in [5, 5.41) is 5.48. The van der Waals surface area contributed by atoms with Gasteiger partial charge >= 0.3 is 0 Å². The average Bonchev–Trinajstić information content (AvgIpc) is 2.49. The number of H-pyrrole nitrogens is 1. The highest BCUT2D eigenvalue weighted by molar-refractivity contribution is 7.71. The van der Waals surface area contributed by atoms with Crippen LogP contribution < -0.4 is 15.4 Å². The van der Waals surface area contributed by atoms with Crippen LogP contribution in [-0.2, 0) is 4.79 Å². The molecule has 0 aliphatic carbocycles. The predicted octanol–water partition coefficient (Wildman–Crippen LogP) is 2.72. The summed E-state index contributed by atoms with van der Waals surface area (Å²) in [4.78, 5) is 26.6. The lowest BCUT2D eigenvalue weighted by molar-refractivity contribution is -0.122. The summed E-state index contributed by atoms with van der Waals surface area (Å²) >= 11 is 5.08. The second-order valence-electron chi connectivity index (χ2n) is 4.83. The van der Waals surface area contributed by atoms with Crippen molar-refractivity contribution in [2.45, 2.75) is 13.0 Å². The molecule has 7 heteroatoms. The van der Waals surface area contributed by atoms with Crippen LogP contribution in [-0.4, -0.2) is 22.9 Å². The van der Waals surface area contributed by atoms with E-state index < -0.39 is 6.10 Å². The van der Waals surface area contributed by atoms with Gasteiger partial charge in [-0.1, -0.05) is 12.2 Å². The fraction of sp³-hybridized carbons (Fsp3) is 0.133. The van der Waals surface area contributed by atoms with Crippen LogP contribution in [0.15, 0.2) is 36.5 Å². The zero-order valence-electron chi connectivity index (χ0n) is 11.7. The molecular weight excluding hydrogens is 302 g/mol. The molecule has 0 radical (unpaired) electrons. The number of carbonyl (C=O) groups is 2. The maximum absolute atomic E-state index is 12.2. The first-order chi connectivity index (χ1) is 10.5. The summed E-state index contributed by atoms with van der Waals surface area (Å²) in [6.07, 6.45) is 1.13. The van der Waals surface area contributed by atoms with Gasteiger partial charge in [0.2, 0.25) is 0 Å². The molecule has 0 bridgehead atoms. The van der Waals surface area contributed by atoms with Gasteiger partial charge < -0.3 is 20.4 Å². The first kappa shape index (κ1) is 14.3. The molecule has 1 aromatic heterocycles. The second kappa shape index (κ2) is 5.61. The molecule has 6 nitrogen and oxygen atoms in total. The summed E-state index contributed by atoms with van der Waals surface area (Å²) in [6, 6.07) is 8.39. The fourth-order valence-corrected chi connectivity index (χ4v) is 2.31. The van der Waals surface area contributed by atoms with E-state index >= 15 is 0 Å². The van der Waals surface area contributed by atoms with Crippen LogP contribution in [0.5, 0.6) is 5.75 Å². The van der Waals surface area contributed by atoms with E-state index in [1.807, 2.05) is 0 Å². The Bertz CT molecular complexity index is 816. The second-order valence-corrected chi connectivity index (χ2v) is 5.24. The number of aromatic amines is 1. The van der Waals surface area contributed by atoms with E-state index in [1.165, 1.54) is 0 Å². The minimum Gasteiger partial charge on any atom is -0.479 e. The first-order valence-electron chi connectivity index (χ1n) is 6.65. The Labute approximate surface area is 131 Å². The Morgan fingerprint density at radius 2 is 2.18 bits per heavy atom. The van der Waals surface area contributed by atoms with Gasteiger partial charge in [-0.2, -0.15) is 0 Å². The van der Waals surface area contributed by atoms with E-state index in [-0.39, 0.29) is 11.8 Å². The number of amides is 2. The molecule has 3 rings (SSSR count). The van der Waals surface area contributed by atoms with E-state index in [1.54, 1.807) is 43.5 Å². The number of ether oxygens (including phenoxy) is 1. The van der Waals surface area contributed by atoms with Gasteiger partial charge in [-0.15, -0.1) is 0 Å². The Kier molecular flexibility index (Phi) is 3.64. The zero-order chi connectivity index (χ0) is 15.7. The molecule has 0 saturated heterocycles. The van der Waals surface area contributed by atoms with Gasteiger partial charge in [0, 0.05) is 11.9 Å². The molecule has 1 atom stereocenters. The van der Waals surface area contributed by atoms with Crippen molar-refractivity contribution >= 4 is 35.4 Å². The van der Waals surface area contributed by atoms with E-state index in [9.17, 15) is 9.59 Å².